The van der Waals surface area contributed by atoms with E-state index in [1.807, 2.05) is 11.4 Å². The van der Waals surface area contributed by atoms with E-state index in [4.69, 9.17) is 4.42 Å². The normalized spacial score (nSPS) is 10.2. The standard InChI is InChI=1S/C10H10N2O2S/c1-11-9(13)4-8-6-15-10(12-8)7-2-3-14-5-7/h2-3,5-6H,4H2,1H3,(H,11,13). The number of rotatable bonds is 3. The summed E-state index contributed by atoms with van der Waals surface area (Å²) in [7, 11) is 1.62. The Kier molecular flexibility index (Phi) is 2.82. The van der Waals surface area contributed by atoms with Gasteiger partial charge in [0.1, 0.15) is 11.3 Å². The molecule has 2 aromatic rings. The van der Waals surface area contributed by atoms with Crippen LogP contribution in [0.4, 0.5) is 0 Å². The smallest absolute Gasteiger partial charge is 0.225 e. The van der Waals surface area contributed by atoms with Crippen LogP contribution in [0.15, 0.2) is 28.4 Å². The zero-order chi connectivity index (χ0) is 10.7. The molecule has 2 aromatic heterocycles. The Balaban J connectivity index is 2.14. The molecule has 1 amide bonds. The molecule has 0 aliphatic heterocycles. The van der Waals surface area contributed by atoms with Crippen LogP contribution in [-0.4, -0.2) is 17.9 Å². The quantitative estimate of drug-likeness (QED) is 0.859. The number of carbonyl (C=O) groups is 1. The fourth-order valence-electron chi connectivity index (χ4n) is 1.16. The van der Waals surface area contributed by atoms with Crippen LogP contribution in [0.1, 0.15) is 5.69 Å². The fraction of sp³-hybridized carbons (Fsp3) is 0.200. The van der Waals surface area contributed by atoms with Crippen LogP contribution in [0.3, 0.4) is 0 Å². The van der Waals surface area contributed by atoms with Crippen LogP contribution in [0.2, 0.25) is 0 Å². The third-order valence-corrected chi connectivity index (χ3v) is 2.88. The molecular formula is C10H10N2O2S. The molecule has 0 atom stereocenters. The lowest BCUT2D eigenvalue weighted by Gasteiger charge is -1.94. The van der Waals surface area contributed by atoms with Crippen LogP contribution >= 0.6 is 11.3 Å². The van der Waals surface area contributed by atoms with E-state index in [1.54, 1.807) is 19.6 Å². The Bertz CT molecular complexity index is 448. The molecule has 2 heterocycles. The highest BCUT2D eigenvalue weighted by Gasteiger charge is 2.08. The lowest BCUT2D eigenvalue weighted by Crippen LogP contribution is -2.19. The van der Waals surface area contributed by atoms with Crippen LogP contribution in [0.25, 0.3) is 10.6 Å². The van der Waals surface area contributed by atoms with Gasteiger partial charge in [0.2, 0.25) is 5.91 Å². The number of nitrogens with one attached hydrogen (secondary N) is 1. The molecule has 0 radical (unpaired) electrons. The highest BCUT2D eigenvalue weighted by molar-refractivity contribution is 7.13. The lowest BCUT2D eigenvalue weighted by molar-refractivity contribution is -0.120. The van der Waals surface area contributed by atoms with Crippen LogP contribution in [-0.2, 0) is 11.2 Å². The van der Waals surface area contributed by atoms with Crippen molar-refractivity contribution in [2.75, 3.05) is 7.05 Å². The largest absolute Gasteiger partial charge is 0.472 e. The molecule has 4 nitrogen and oxygen atoms in total. The highest BCUT2D eigenvalue weighted by Crippen LogP contribution is 2.23. The van der Waals surface area contributed by atoms with E-state index in [0.717, 1.165) is 16.3 Å². The van der Waals surface area contributed by atoms with Gasteiger partial charge in [0, 0.05) is 18.0 Å². The highest BCUT2D eigenvalue weighted by atomic mass is 32.1. The third kappa shape index (κ3) is 2.24. The topological polar surface area (TPSA) is 55.1 Å². The minimum Gasteiger partial charge on any atom is -0.472 e. The van der Waals surface area contributed by atoms with Gasteiger partial charge in [-0.15, -0.1) is 11.3 Å². The maximum absolute atomic E-state index is 11.1. The Morgan fingerprint density at radius 1 is 1.67 bits per heavy atom. The number of amides is 1. The Labute approximate surface area is 90.9 Å². The summed E-state index contributed by atoms with van der Waals surface area (Å²) in [5.74, 6) is -0.0287. The van der Waals surface area contributed by atoms with E-state index >= 15 is 0 Å². The second kappa shape index (κ2) is 4.27. The van der Waals surface area contributed by atoms with Crippen molar-refractivity contribution in [2.24, 2.45) is 0 Å². The van der Waals surface area contributed by atoms with Crippen LogP contribution < -0.4 is 5.32 Å². The number of carbonyl (C=O) groups excluding carboxylic acids is 1. The summed E-state index contributed by atoms with van der Waals surface area (Å²) in [6, 6.07) is 1.85. The monoisotopic (exact) mass is 222 g/mol. The van der Waals surface area contributed by atoms with E-state index in [2.05, 4.69) is 10.3 Å². The minimum atomic E-state index is -0.0287. The average molecular weight is 222 g/mol. The SMILES string of the molecule is CNC(=O)Cc1csc(-c2ccoc2)n1. The summed E-state index contributed by atoms with van der Waals surface area (Å²) < 4.78 is 4.97. The predicted molar refractivity (Wildman–Crippen MR) is 57.6 cm³/mol. The van der Waals surface area contributed by atoms with Gasteiger partial charge in [-0.1, -0.05) is 0 Å². The number of aromatic nitrogens is 1. The van der Waals surface area contributed by atoms with Crippen molar-refractivity contribution in [3.05, 3.63) is 29.7 Å². The second-order valence-corrected chi connectivity index (χ2v) is 3.86. The lowest BCUT2D eigenvalue weighted by atomic mass is 10.3. The molecular weight excluding hydrogens is 212 g/mol. The maximum Gasteiger partial charge on any atom is 0.225 e. The summed E-state index contributed by atoms with van der Waals surface area (Å²) in [6.07, 6.45) is 3.57. The average Bonchev–Trinajstić information content (AvgIpc) is 2.85. The van der Waals surface area contributed by atoms with Gasteiger partial charge >= 0.3 is 0 Å². The molecule has 78 valence electrons. The van der Waals surface area contributed by atoms with E-state index in [1.165, 1.54) is 11.3 Å². The van der Waals surface area contributed by atoms with Crippen molar-refractivity contribution in [3.8, 4) is 10.6 Å². The molecule has 1 N–H and O–H groups in total. The molecule has 0 unspecified atom stereocenters. The Hall–Kier alpha value is -1.62. The minimum absolute atomic E-state index is 0.0287. The fourth-order valence-corrected chi connectivity index (χ4v) is 1.97. The van der Waals surface area contributed by atoms with Crippen molar-refractivity contribution < 1.29 is 9.21 Å². The van der Waals surface area contributed by atoms with E-state index in [0.29, 0.717) is 6.42 Å². The van der Waals surface area contributed by atoms with Gasteiger partial charge in [-0.2, -0.15) is 0 Å². The summed E-state index contributed by atoms with van der Waals surface area (Å²) >= 11 is 1.51. The number of likely N-dealkylation sites (N-methyl/N-ethyl adjacent to an activating group) is 1. The zero-order valence-corrected chi connectivity index (χ0v) is 9.00. The summed E-state index contributed by atoms with van der Waals surface area (Å²) in [4.78, 5) is 15.5. The van der Waals surface area contributed by atoms with E-state index in [9.17, 15) is 4.79 Å². The molecule has 0 spiro atoms. The molecule has 0 saturated carbocycles. The van der Waals surface area contributed by atoms with Crippen LogP contribution in [0.5, 0.6) is 0 Å². The molecule has 15 heavy (non-hydrogen) atoms. The molecule has 0 fully saturated rings. The van der Waals surface area contributed by atoms with Gasteiger partial charge in [-0.25, -0.2) is 4.98 Å². The van der Waals surface area contributed by atoms with Crippen molar-refractivity contribution in [1.82, 2.24) is 10.3 Å². The van der Waals surface area contributed by atoms with Crippen molar-refractivity contribution in [3.63, 3.8) is 0 Å². The maximum atomic E-state index is 11.1. The second-order valence-electron chi connectivity index (χ2n) is 3.01. The molecule has 5 heteroatoms. The van der Waals surface area contributed by atoms with Gasteiger partial charge in [0.25, 0.3) is 0 Å². The number of hydrogen-bond acceptors (Lipinski definition) is 4. The molecule has 2 rings (SSSR count). The first-order valence-electron chi connectivity index (χ1n) is 4.47. The predicted octanol–water partition coefficient (Wildman–Crippen LogP) is 1.69. The zero-order valence-electron chi connectivity index (χ0n) is 8.19. The summed E-state index contributed by atoms with van der Waals surface area (Å²) in [5.41, 5.74) is 1.73. The van der Waals surface area contributed by atoms with Gasteiger partial charge in [0.05, 0.1) is 18.4 Å². The number of thiazole rings is 1. The van der Waals surface area contributed by atoms with Crippen molar-refractivity contribution in [2.45, 2.75) is 6.42 Å². The Morgan fingerprint density at radius 2 is 2.53 bits per heavy atom. The number of nitrogens with zero attached hydrogens (tertiary/aromatic N) is 1. The Morgan fingerprint density at radius 3 is 3.20 bits per heavy atom. The van der Waals surface area contributed by atoms with E-state index < -0.39 is 0 Å². The van der Waals surface area contributed by atoms with Crippen LogP contribution in [0, 0.1) is 0 Å². The van der Waals surface area contributed by atoms with Gasteiger partial charge in [-0.05, 0) is 6.07 Å². The molecule has 0 bridgehead atoms. The molecule has 0 aromatic carbocycles. The number of furan rings is 1. The molecule has 0 aliphatic rings. The van der Waals surface area contributed by atoms with E-state index in [-0.39, 0.29) is 5.91 Å². The number of hydrogen-bond donors (Lipinski definition) is 1. The molecule has 0 saturated heterocycles. The van der Waals surface area contributed by atoms with Crippen molar-refractivity contribution in [1.29, 1.82) is 0 Å². The first-order valence-corrected chi connectivity index (χ1v) is 5.35. The summed E-state index contributed by atoms with van der Waals surface area (Å²) in [5, 5.41) is 5.33. The molecule has 0 aliphatic carbocycles. The van der Waals surface area contributed by atoms with Gasteiger partial charge < -0.3 is 9.73 Å². The van der Waals surface area contributed by atoms with Crippen molar-refractivity contribution >= 4 is 17.2 Å². The van der Waals surface area contributed by atoms with Gasteiger partial charge in [-0.3, -0.25) is 4.79 Å². The first-order chi connectivity index (χ1) is 7.29. The third-order valence-electron chi connectivity index (χ3n) is 1.94. The summed E-state index contributed by atoms with van der Waals surface area (Å²) in [6.45, 7) is 0. The first kappa shape index (κ1) is 9.92. The van der Waals surface area contributed by atoms with Gasteiger partial charge in [0.15, 0.2) is 0 Å².